The van der Waals surface area contributed by atoms with Crippen LogP contribution in [0, 0.1) is 0 Å². The molecular formula is C20H26ClN3O3. The molecule has 6 nitrogen and oxygen atoms in total. The summed E-state index contributed by atoms with van der Waals surface area (Å²) in [6, 6.07) is 6.58. The van der Waals surface area contributed by atoms with E-state index in [1.807, 2.05) is 25.7 Å². The summed E-state index contributed by atoms with van der Waals surface area (Å²) in [6.45, 7) is 5.65. The number of nitrogens with one attached hydrogen (secondary N) is 1. The van der Waals surface area contributed by atoms with Crippen molar-refractivity contribution >= 4 is 29.4 Å². The van der Waals surface area contributed by atoms with Gasteiger partial charge in [-0.1, -0.05) is 30.7 Å². The van der Waals surface area contributed by atoms with Crippen LogP contribution in [0.3, 0.4) is 0 Å². The molecule has 3 unspecified atom stereocenters. The van der Waals surface area contributed by atoms with Crippen molar-refractivity contribution in [3.05, 3.63) is 34.9 Å². The summed E-state index contributed by atoms with van der Waals surface area (Å²) >= 11 is 5.95. The summed E-state index contributed by atoms with van der Waals surface area (Å²) < 4.78 is 0. The minimum absolute atomic E-state index is 0.120. The molecule has 0 spiro atoms. The molecule has 1 aromatic rings. The fourth-order valence-electron chi connectivity index (χ4n) is 4.27. The summed E-state index contributed by atoms with van der Waals surface area (Å²) in [4.78, 5) is 41.5. The molecule has 0 aliphatic carbocycles. The number of likely N-dealkylation sites (tertiary alicyclic amines) is 1. The Kier molecular flexibility index (Phi) is 5.47. The molecule has 3 atom stereocenters. The number of rotatable bonds is 4. The van der Waals surface area contributed by atoms with E-state index in [0.717, 1.165) is 24.2 Å². The zero-order valence-corrected chi connectivity index (χ0v) is 16.8. The zero-order valence-electron chi connectivity index (χ0n) is 16.0. The van der Waals surface area contributed by atoms with Crippen molar-refractivity contribution < 1.29 is 14.4 Å². The van der Waals surface area contributed by atoms with Crippen molar-refractivity contribution in [2.75, 3.05) is 6.54 Å². The third-order valence-corrected chi connectivity index (χ3v) is 6.07. The van der Waals surface area contributed by atoms with Crippen molar-refractivity contribution in [2.24, 2.45) is 0 Å². The third-order valence-electron chi connectivity index (χ3n) is 5.82. The lowest BCUT2D eigenvalue weighted by Crippen LogP contribution is -2.52. The van der Waals surface area contributed by atoms with Gasteiger partial charge in [-0.15, -0.1) is 0 Å². The van der Waals surface area contributed by atoms with Crippen molar-refractivity contribution in [3.63, 3.8) is 0 Å². The Morgan fingerprint density at radius 3 is 2.33 bits per heavy atom. The predicted molar refractivity (Wildman–Crippen MR) is 103 cm³/mol. The summed E-state index contributed by atoms with van der Waals surface area (Å²) in [5.41, 5.74) is -0.483. The van der Waals surface area contributed by atoms with Gasteiger partial charge >= 0.3 is 6.03 Å². The van der Waals surface area contributed by atoms with Crippen LogP contribution in [-0.4, -0.2) is 46.3 Å². The van der Waals surface area contributed by atoms with E-state index in [1.165, 1.54) is 0 Å². The number of benzene rings is 1. The Bertz CT molecular complexity index is 741. The van der Waals surface area contributed by atoms with Crippen LogP contribution in [0.5, 0.6) is 0 Å². The van der Waals surface area contributed by atoms with Crippen LogP contribution in [0.1, 0.15) is 52.0 Å². The molecule has 4 amide bonds. The lowest BCUT2D eigenvalue weighted by atomic mass is 9.87. The second-order valence-electron chi connectivity index (χ2n) is 7.52. The number of imide groups is 1. The number of hydrogen-bond acceptors (Lipinski definition) is 3. The highest BCUT2D eigenvalue weighted by molar-refractivity contribution is 6.30. The van der Waals surface area contributed by atoms with Crippen LogP contribution in [0.2, 0.25) is 5.02 Å². The van der Waals surface area contributed by atoms with Gasteiger partial charge in [0, 0.05) is 17.1 Å². The van der Waals surface area contributed by atoms with E-state index in [0.29, 0.717) is 17.0 Å². The summed E-state index contributed by atoms with van der Waals surface area (Å²) in [5, 5.41) is 3.36. The van der Waals surface area contributed by atoms with Crippen LogP contribution in [-0.2, 0) is 15.1 Å². The van der Waals surface area contributed by atoms with E-state index in [-0.39, 0.29) is 30.4 Å². The van der Waals surface area contributed by atoms with Gasteiger partial charge in [-0.05, 0) is 57.2 Å². The quantitative estimate of drug-likeness (QED) is 0.800. The van der Waals surface area contributed by atoms with Crippen molar-refractivity contribution in [3.8, 4) is 0 Å². The Balaban J connectivity index is 1.83. The maximum absolute atomic E-state index is 13.2. The van der Waals surface area contributed by atoms with E-state index in [2.05, 4.69) is 5.32 Å². The van der Waals surface area contributed by atoms with Gasteiger partial charge in [0.1, 0.15) is 12.1 Å². The normalized spacial score (nSPS) is 28.4. The van der Waals surface area contributed by atoms with Gasteiger partial charge in [0.15, 0.2) is 0 Å². The van der Waals surface area contributed by atoms with Gasteiger partial charge in [-0.25, -0.2) is 4.79 Å². The minimum atomic E-state index is -1.15. The third kappa shape index (κ3) is 3.43. The highest BCUT2D eigenvalue weighted by atomic mass is 35.5. The SMILES string of the molecule is CCC1(c2ccc(Cl)cc2)NC(=O)N(CC(=O)N2C(C)CCCC2C)C1=O. The number of carbonyl (C=O) groups is 3. The zero-order chi connectivity index (χ0) is 19.8. The van der Waals surface area contributed by atoms with Gasteiger partial charge in [0.2, 0.25) is 5.91 Å². The molecule has 0 aromatic heterocycles. The first-order chi connectivity index (χ1) is 12.8. The molecule has 2 fully saturated rings. The predicted octanol–water partition coefficient (Wildman–Crippen LogP) is 3.29. The van der Waals surface area contributed by atoms with Gasteiger partial charge in [0.25, 0.3) is 5.91 Å². The van der Waals surface area contributed by atoms with Gasteiger partial charge in [-0.2, -0.15) is 0 Å². The second-order valence-corrected chi connectivity index (χ2v) is 7.95. The van der Waals surface area contributed by atoms with Gasteiger partial charge in [-0.3, -0.25) is 14.5 Å². The standard InChI is InChI=1S/C20H26ClN3O3/c1-4-20(15-8-10-16(21)11-9-15)18(26)23(19(27)22-20)12-17(25)24-13(2)6-5-7-14(24)3/h8-11,13-14H,4-7,12H2,1-3H3,(H,22,27). The Morgan fingerprint density at radius 1 is 1.19 bits per heavy atom. The van der Waals surface area contributed by atoms with Crippen LogP contribution < -0.4 is 5.32 Å². The number of halogens is 1. The molecule has 0 radical (unpaired) electrons. The fraction of sp³-hybridized carbons (Fsp3) is 0.550. The van der Waals surface area contributed by atoms with E-state index in [9.17, 15) is 14.4 Å². The molecule has 146 valence electrons. The summed E-state index contributed by atoms with van der Waals surface area (Å²) in [7, 11) is 0. The van der Waals surface area contributed by atoms with Crippen LogP contribution >= 0.6 is 11.6 Å². The molecule has 1 aromatic carbocycles. The molecule has 1 N–H and O–H groups in total. The molecular weight excluding hydrogens is 366 g/mol. The largest absolute Gasteiger partial charge is 0.336 e. The molecule has 2 heterocycles. The van der Waals surface area contributed by atoms with E-state index in [4.69, 9.17) is 11.6 Å². The van der Waals surface area contributed by atoms with Crippen molar-refractivity contribution in [1.29, 1.82) is 0 Å². The number of piperidine rings is 1. The number of hydrogen-bond donors (Lipinski definition) is 1. The Labute approximate surface area is 164 Å². The smallest absolute Gasteiger partial charge is 0.325 e. The average Bonchev–Trinajstić information content (AvgIpc) is 2.87. The highest BCUT2D eigenvalue weighted by Gasteiger charge is 2.52. The van der Waals surface area contributed by atoms with Crippen molar-refractivity contribution in [1.82, 2.24) is 15.1 Å². The number of carbonyl (C=O) groups excluding carboxylic acids is 3. The van der Waals surface area contributed by atoms with E-state index >= 15 is 0 Å². The lowest BCUT2D eigenvalue weighted by molar-refractivity contribution is -0.143. The first-order valence-electron chi connectivity index (χ1n) is 9.51. The summed E-state index contributed by atoms with van der Waals surface area (Å²) in [6.07, 6.45) is 3.37. The first-order valence-corrected chi connectivity index (χ1v) is 9.89. The molecule has 27 heavy (non-hydrogen) atoms. The molecule has 2 aliphatic heterocycles. The molecule has 0 saturated carbocycles. The first kappa shape index (κ1) is 19.7. The number of urea groups is 1. The number of nitrogens with zero attached hydrogens (tertiary/aromatic N) is 2. The average molecular weight is 392 g/mol. The number of amides is 4. The second kappa shape index (κ2) is 7.50. The Hall–Kier alpha value is -2.08. The van der Waals surface area contributed by atoms with Crippen molar-refractivity contribution in [2.45, 2.75) is 64.1 Å². The van der Waals surface area contributed by atoms with E-state index in [1.54, 1.807) is 24.3 Å². The minimum Gasteiger partial charge on any atom is -0.336 e. The molecule has 2 saturated heterocycles. The highest BCUT2D eigenvalue weighted by Crippen LogP contribution is 2.33. The van der Waals surface area contributed by atoms with Crippen LogP contribution in [0.15, 0.2) is 24.3 Å². The van der Waals surface area contributed by atoms with Crippen LogP contribution in [0.25, 0.3) is 0 Å². The molecule has 0 bridgehead atoms. The maximum Gasteiger partial charge on any atom is 0.325 e. The van der Waals surface area contributed by atoms with Crippen LogP contribution in [0.4, 0.5) is 4.79 Å². The molecule has 2 aliphatic rings. The fourth-order valence-corrected chi connectivity index (χ4v) is 4.40. The Morgan fingerprint density at radius 2 is 1.78 bits per heavy atom. The summed E-state index contributed by atoms with van der Waals surface area (Å²) in [5.74, 6) is -0.566. The molecule has 3 rings (SSSR count). The van der Waals surface area contributed by atoms with E-state index < -0.39 is 11.6 Å². The maximum atomic E-state index is 13.2. The van der Waals surface area contributed by atoms with Gasteiger partial charge in [0.05, 0.1) is 0 Å². The monoisotopic (exact) mass is 391 g/mol. The lowest BCUT2D eigenvalue weighted by Gasteiger charge is -2.39. The molecule has 7 heteroatoms. The topological polar surface area (TPSA) is 69.7 Å². The van der Waals surface area contributed by atoms with Gasteiger partial charge < -0.3 is 10.2 Å².